The monoisotopic (exact) mass is 1220 g/mol. The van der Waals surface area contributed by atoms with E-state index in [0.29, 0.717) is 45.0 Å². The Morgan fingerprint density at radius 2 is 0.521 bits per heavy atom. The van der Waals surface area contributed by atoms with Gasteiger partial charge >= 0.3 is 6.18 Å². The molecule has 0 amide bonds. The molecule has 0 bridgehead atoms. The van der Waals surface area contributed by atoms with Crippen LogP contribution in [-0.4, -0.2) is 4.98 Å². The zero-order valence-electron chi connectivity index (χ0n) is 50.6. The van der Waals surface area contributed by atoms with Gasteiger partial charge in [-0.3, -0.25) is 0 Å². The molecule has 3 aliphatic rings. The van der Waals surface area contributed by atoms with Crippen LogP contribution in [0.2, 0.25) is 0 Å². The third-order valence-corrected chi connectivity index (χ3v) is 18.0. The molecular formula is C84H56F3N7. The van der Waals surface area contributed by atoms with E-state index in [4.69, 9.17) is 4.98 Å². The number of nitrogens with zero attached hydrogens (tertiary/aromatic N) is 7. The van der Waals surface area contributed by atoms with E-state index in [9.17, 15) is 0 Å². The first-order valence-electron chi connectivity index (χ1n) is 31.4. The number of halogens is 3. The minimum Gasteiger partial charge on any atom is -0.306 e. The summed E-state index contributed by atoms with van der Waals surface area (Å²) in [4.78, 5) is 19.1. The van der Waals surface area contributed by atoms with Crippen LogP contribution in [0.4, 0.5) is 116 Å². The Labute approximate surface area is 543 Å². The van der Waals surface area contributed by atoms with Crippen molar-refractivity contribution in [2.75, 3.05) is 29.4 Å². The molecule has 94 heavy (non-hydrogen) atoms. The number of hydrogen-bond acceptors (Lipinski definition) is 7. The van der Waals surface area contributed by atoms with Crippen molar-refractivity contribution in [1.29, 1.82) is 0 Å². The topological polar surface area (TPSA) is 32.3 Å². The summed E-state index contributed by atoms with van der Waals surface area (Å²) in [5.74, 6) is 0. The molecule has 1 aromatic heterocycles. The van der Waals surface area contributed by atoms with Crippen LogP contribution in [0, 0.1) is 0 Å². The average Bonchev–Trinajstić information content (AvgIpc) is 0.706. The van der Waals surface area contributed by atoms with Crippen molar-refractivity contribution in [3.63, 3.8) is 0 Å². The maximum atomic E-state index is 16.7. The smallest absolute Gasteiger partial charge is 0.306 e. The second kappa shape index (κ2) is 22.8. The Kier molecular flexibility index (Phi) is 13.5. The third-order valence-electron chi connectivity index (χ3n) is 18.0. The van der Waals surface area contributed by atoms with Crippen molar-refractivity contribution in [3.05, 3.63) is 345 Å². The molecule has 3 aliphatic heterocycles. The predicted octanol–water partition coefficient (Wildman–Crippen LogP) is 24.5. The van der Waals surface area contributed by atoms with Crippen molar-refractivity contribution in [2.24, 2.45) is 0 Å². The second-order valence-corrected chi connectivity index (χ2v) is 23.4. The Bertz CT molecular complexity index is 4880. The molecule has 0 atom stereocenters. The van der Waals surface area contributed by atoms with Gasteiger partial charge < -0.3 is 29.4 Å². The van der Waals surface area contributed by atoms with Crippen molar-refractivity contribution in [2.45, 2.75) is 6.18 Å². The zero-order chi connectivity index (χ0) is 62.9. The fourth-order valence-corrected chi connectivity index (χ4v) is 14.0. The number of rotatable bonds is 10. The summed E-state index contributed by atoms with van der Waals surface area (Å²) in [6.07, 6.45) is -4.81. The number of hydrogen-bond donors (Lipinski definition) is 0. The lowest BCUT2D eigenvalue weighted by Crippen LogP contribution is -2.30. The van der Waals surface area contributed by atoms with Gasteiger partial charge in [-0.05, 0) is 150 Å². The Balaban J connectivity index is 1.00. The molecule has 0 fully saturated rings. The van der Waals surface area contributed by atoms with Gasteiger partial charge in [-0.25, -0.2) is 4.98 Å². The van der Waals surface area contributed by atoms with E-state index in [0.717, 1.165) is 96.6 Å². The first kappa shape index (κ1) is 55.6. The van der Waals surface area contributed by atoms with Gasteiger partial charge in [-0.2, -0.15) is 13.2 Å². The van der Waals surface area contributed by atoms with Gasteiger partial charge in [0, 0.05) is 33.8 Å². The largest absolute Gasteiger partial charge is 0.417 e. The molecule has 0 radical (unpaired) electrons. The summed E-state index contributed by atoms with van der Waals surface area (Å²) in [6.45, 7) is 0. The molecule has 10 heteroatoms. The van der Waals surface area contributed by atoms with E-state index in [2.05, 4.69) is 260 Å². The minimum atomic E-state index is -4.81. The molecule has 0 saturated heterocycles. The second-order valence-electron chi connectivity index (χ2n) is 23.4. The maximum Gasteiger partial charge on any atom is 0.417 e. The molecule has 448 valence electrons. The fraction of sp³-hybridized carbons (Fsp3) is 0.0119. The molecule has 0 unspecified atom stereocenters. The van der Waals surface area contributed by atoms with Crippen LogP contribution in [0.5, 0.6) is 0 Å². The van der Waals surface area contributed by atoms with Crippen molar-refractivity contribution in [1.82, 2.24) is 4.98 Å². The van der Waals surface area contributed by atoms with Gasteiger partial charge in [0.15, 0.2) is 0 Å². The highest BCUT2D eigenvalue weighted by atomic mass is 19.4. The summed E-state index contributed by atoms with van der Waals surface area (Å²) in [5.41, 5.74) is 19.0. The summed E-state index contributed by atoms with van der Waals surface area (Å²) in [7, 11) is 0. The van der Waals surface area contributed by atoms with E-state index in [1.165, 1.54) is 6.07 Å². The highest BCUT2D eigenvalue weighted by Crippen LogP contribution is 2.65. The van der Waals surface area contributed by atoms with Crippen LogP contribution >= 0.6 is 0 Å². The first-order chi connectivity index (χ1) is 46.3. The van der Waals surface area contributed by atoms with Crippen molar-refractivity contribution >= 4 is 102 Å². The van der Waals surface area contributed by atoms with Crippen LogP contribution in [0.1, 0.15) is 5.56 Å². The standard InChI is InChI=1S/C84H56F3N7/c85-84(86,87)66-54-59(50-51-64(66)65-52-53-67(57-28-6-1-7-29-57)88-82(65)58-30-8-2-9-31-58)60-55-80(92-74-44-22-16-38-68(74)89(61-32-10-3-11-33-61)69-39-17-23-45-75(69)92)83(94-78-48-26-20-42-72(78)91(63-36-14-5-15-37-63)73-43-21-27-49-79(73)94)81(56-60)93-76-46-24-18-40-70(76)90(62-34-12-4-13-35-62)71-41-19-25-47-77(71)93/h1-56H. The average molecular weight is 1220 g/mol. The highest BCUT2D eigenvalue weighted by molar-refractivity contribution is 6.14. The van der Waals surface area contributed by atoms with Crippen LogP contribution in [0.15, 0.2) is 340 Å². The molecule has 13 aromatic carbocycles. The molecule has 14 aromatic rings. The number of benzene rings is 13. The zero-order valence-corrected chi connectivity index (χ0v) is 50.6. The van der Waals surface area contributed by atoms with Gasteiger partial charge in [0.25, 0.3) is 0 Å². The van der Waals surface area contributed by atoms with Gasteiger partial charge in [0.2, 0.25) is 0 Å². The lowest BCUT2D eigenvalue weighted by Gasteiger charge is -2.46. The van der Waals surface area contributed by atoms with Gasteiger partial charge in [0.1, 0.15) is 0 Å². The third kappa shape index (κ3) is 9.33. The quantitative estimate of drug-likeness (QED) is 0.135. The first-order valence-corrected chi connectivity index (χ1v) is 31.4. The minimum absolute atomic E-state index is 0.0172. The molecule has 0 aliphatic carbocycles. The number of para-hydroxylation sites is 15. The van der Waals surface area contributed by atoms with Gasteiger partial charge in [0.05, 0.1) is 102 Å². The Hall–Kier alpha value is -12.4. The maximum absolute atomic E-state index is 16.7. The summed E-state index contributed by atoms with van der Waals surface area (Å²) in [6, 6.07) is 114. The van der Waals surface area contributed by atoms with E-state index in [-0.39, 0.29) is 5.56 Å². The van der Waals surface area contributed by atoms with Crippen LogP contribution < -0.4 is 29.4 Å². The fourth-order valence-electron chi connectivity index (χ4n) is 14.0. The molecule has 17 rings (SSSR count). The summed E-state index contributed by atoms with van der Waals surface area (Å²) in [5, 5.41) is 0. The lowest BCUT2D eigenvalue weighted by atomic mass is 9.90. The summed E-state index contributed by atoms with van der Waals surface area (Å²) >= 11 is 0. The highest BCUT2D eigenvalue weighted by Gasteiger charge is 2.42. The molecule has 0 N–H and O–H groups in total. The molecule has 0 spiro atoms. The summed E-state index contributed by atoms with van der Waals surface area (Å²) < 4.78 is 50.2. The van der Waals surface area contributed by atoms with Crippen molar-refractivity contribution in [3.8, 4) is 44.8 Å². The Morgan fingerprint density at radius 3 is 0.872 bits per heavy atom. The van der Waals surface area contributed by atoms with Gasteiger partial charge in [-0.15, -0.1) is 0 Å². The Morgan fingerprint density at radius 1 is 0.223 bits per heavy atom. The van der Waals surface area contributed by atoms with Crippen LogP contribution in [0.3, 0.4) is 0 Å². The van der Waals surface area contributed by atoms with E-state index in [1.54, 1.807) is 12.1 Å². The molecule has 0 saturated carbocycles. The van der Waals surface area contributed by atoms with E-state index < -0.39 is 11.7 Å². The number of anilines is 18. The predicted molar refractivity (Wildman–Crippen MR) is 380 cm³/mol. The molecule has 7 nitrogen and oxygen atoms in total. The van der Waals surface area contributed by atoms with Crippen LogP contribution in [-0.2, 0) is 6.18 Å². The SMILES string of the molecule is FC(F)(F)c1cc(-c2cc(N3c4ccccc4N(c4ccccc4)c4ccccc43)c(N3c4ccccc4N(c4ccccc4)c4ccccc43)c(N3c4ccccc4N(c4ccccc4)c4ccccc43)c2)ccc1-c1ccc(-c2ccccc2)nc1-c1ccccc1. The number of pyridine rings is 1. The number of aromatic nitrogens is 1. The van der Waals surface area contributed by atoms with E-state index in [1.807, 2.05) is 91.0 Å². The normalized spacial score (nSPS) is 12.9. The van der Waals surface area contributed by atoms with E-state index >= 15 is 13.2 Å². The number of fused-ring (bicyclic) bond motifs is 6. The molecular weight excluding hydrogens is 1160 g/mol. The van der Waals surface area contributed by atoms with Crippen LogP contribution in [0.25, 0.3) is 44.8 Å². The van der Waals surface area contributed by atoms with Crippen molar-refractivity contribution < 1.29 is 13.2 Å². The molecule has 4 heterocycles. The number of alkyl halides is 3. The van der Waals surface area contributed by atoms with Gasteiger partial charge in [-0.1, -0.05) is 206 Å². The lowest BCUT2D eigenvalue weighted by molar-refractivity contribution is -0.137.